The number of aromatic nitrogens is 2. The normalized spacial score (nSPS) is 13.1. The van der Waals surface area contributed by atoms with Crippen LogP contribution in [0.15, 0.2) is 36.4 Å². The van der Waals surface area contributed by atoms with Crippen LogP contribution in [0, 0.1) is 6.92 Å². The lowest BCUT2D eigenvalue weighted by atomic mass is 10.1. The van der Waals surface area contributed by atoms with Gasteiger partial charge in [0, 0.05) is 17.1 Å². The summed E-state index contributed by atoms with van der Waals surface area (Å²) in [6.07, 6.45) is 0. The van der Waals surface area contributed by atoms with E-state index in [0.717, 1.165) is 16.5 Å². The lowest BCUT2D eigenvalue weighted by molar-refractivity contribution is 0.102. The Labute approximate surface area is 132 Å². The largest absolute Gasteiger partial charge is 0.486 e. The number of anilines is 1. The molecule has 1 aromatic heterocycles. The van der Waals surface area contributed by atoms with Crippen LogP contribution >= 0.6 is 0 Å². The summed E-state index contributed by atoms with van der Waals surface area (Å²) in [6.45, 7) is 3.03. The molecule has 0 aliphatic carbocycles. The fourth-order valence-corrected chi connectivity index (χ4v) is 2.61. The number of nitrogens with one attached hydrogen (secondary N) is 2. The molecular weight excluding hydrogens is 294 g/mol. The summed E-state index contributed by atoms with van der Waals surface area (Å²) in [7, 11) is 0. The summed E-state index contributed by atoms with van der Waals surface area (Å²) in [5.74, 6) is 1.06. The summed E-state index contributed by atoms with van der Waals surface area (Å²) < 4.78 is 11.0. The van der Waals surface area contributed by atoms with E-state index in [2.05, 4.69) is 15.5 Å². The van der Waals surface area contributed by atoms with E-state index in [1.807, 2.05) is 25.1 Å². The number of fused-ring (bicyclic) bond motifs is 2. The van der Waals surface area contributed by atoms with Gasteiger partial charge in [-0.15, -0.1) is 0 Å². The molecule has 1 amide bonds. The number of aryl methyl sites for hydroxylation is 1. The van der Waals surface area contributed by atoms with Crippen LogP contribution in [0.3, 0.4) is 0 Å². The van der Waals surface area contributed by atoms with E-state index in [1.165, 1.54) is 0 Å². The van der Waals surface area contributed by atoms with Crippen LogP contribution < -0.4 is 14.8 Å². The SMILES string of the molecule is Cc1ccc2[nH]nc(C(=O)Nc3ccc4c(c3)OCCO4)c2c1. The number of nitrogens with zero attached hydrogens (tertiary/aromatic N) is 1. The second-order valence-electron chi connectivity index (χ2n) is 5.43. The summed E-state index contributed by atoms with van der Waals surface area (Å²) in [6, 6.07) is 11.2. The first kappa shape index (κ1) is 13.6. The van der Waals surface area contributed by atoms with Crippen molar-refractivity contribution in [2.75, 3.05) is 18.5 Å². The molecule has 3 aromatic rings. The topological polar surface area (TPSA) is 76.2 Å². The Kier molecular flexibility index (Phi) is 3.15. The minimum absolute atomic E-state index is 0.265. The lowest BCUT2D eigenvalue weighted by Crippen LogP contribution is -2.16. The van der Waals surface area contributed by atoms with Crippen LogP contribution in [0.5, 0.6) is 11.5 Å². The fraction of sp³-hybridized carbons (Fsp3) is 0.176. The lowest BCUT2D eigenvalue weighted by Gasteiger charge is -2.18. The first-order chi connectivity index (χ1) is 11.2. The van der Waals surface area contributed by atoms with E-state index < -0.39 is 0 Å². The summed E-state index contributed by atoms with van der Waals surface area (Å²) in [5, 5.41) is 10.7. The van der Waals surface area contributed by atoms with Gasteiger partial charge in [0.2, 0.25) is 0 Å². The zero-order chi connectivity index (χ0) is 15.8. The molecular formula is C17H15N3O3. The Morgan fingerprint density at radius 1 is 1.13 bits per heavy atom. The Morgan fingerprint density at radius 2 is 1.96 bits per heavy atom. The first-order valence-corrected chi connectivity index (χ1v) is 7.36. The smallest absolute Gasteiger partial charge is 0.276 e. The maximum atomic E-state index is 12.5. The zero-order valence-corrected chi connectivity index (χ0v) is 12.6. The zero-order valence-electron chi connectivity index (χ0n) is 12.6. The monoisotopic (exact) mass is 309 g/mol. The Morgan fingerprint density at radius 3 is 2.83 bits per heavy atom. The number of hydrogen-bond acceptors (Lipinski definition) is 4. The predicted molar refractivity (Wildman–Crippen MR) is 86.2 cm³/mol. The number of rotatable bonds is 2. The van der Waals surface area contributed by atoms with Gasteiger partial charge >= 0.3 is 0 Å². The van der Waals surface area contributed by atoms with E-state index in [0.29, 0.717) is 36.1 Å². The van der Waals surface area contributed by atoms with E-state index in [1.54, 1.807) is 18.2 Å². The molecule has 23 heavy (non-hydrogen) atoms. The van der Waals surface area contributed by atoms with Gasteiger partial charge in [-0.1, -0.05) is 11.6 Å². The number of benzene rings is 2. The van der Waals surface area contributed by atoms with Gasteiger partial charge in [-0.3, -0.25) is 9.89 Å². The average molecular weight is 309 g/mol. The molecule has 4 rings (SSSR count). The minimum atomic E-state index is -0.265. The van der Waals surface area contributed by atoms with E-state index >= 15 is 0 Å². The average Bonchev–Trinajstić information content (AvgIpc) is 2.98. The molecule has 1 aliphatic heterocycles. The molecule has 0 bridgehead atoms. The van der Waals surface area contributed by atoms with Crippen LogP contribution in [0.25, 0.3) is 10.9 Å². The molecule has 0 saturated heterocycles. The van der Waals surface area contributed by atoms with E-state index in [4.69, 9.17) is 9.47 Å². The maximum absolute atomic E-state index is 12.5. The first-order valence-electron chi connectivity index (χ1n) is 7.36. The van der Waals surface area contributed by atoms with Crippen molar-refractivity contribution in [1.82, 2.24) is 10.2 Å². The van der Waals surface area contributed by atoms with Crippen molar-refractivity contribution in [3.63, 3.8) is 0 Å². The van der Waals surface area contributed by atoms with Crippen molar-refractivity contribution in [1.29, 1.82) is 0 Å². The number of ether oxygens (including phenoxy) is 2. The number of carbonyl (C=O) groups is 1. The third-order valence-corrected chi connectivity index (χ3v) is 3.73. The van der Waals surface area contributed by atoms with Gasteiger partial charge in [-0.05, 0) is 31.2 Å². The highest BCUT2D eigenvalue weighted by Gasteiger charge is 2.16. The number of aromatic amines is 1. The highest BCUT2D eigenvalue weighted by molar-refractivity contribution is 6.11. The third kappa shape index (κ3) is 2.48. The summed E-state index contributed by atoms with van der Waals surface area (Å²) >= 11 is 0. The second kappa shape index (κ2) is 5.31. The predicted octanol–water partition coefficient (Wildman–Crippen LogP) is 2.89. The molecule has 0 spiro atoms. The van der Waals surface area contributed by atoms with Gasteiger partial charge < -0.3 is 14.8 Å². The second-order valence-corrected chi connectivity index (χ2v) is 5.43. The van der Waals surface area contributed by atoms with Crippen molar-refractivity contribution in [2.24, 2.45) is 0 Å². The van der Waals surface area contributed by atoms with Crippen molar-refractivity contribution in [2.45, 2.75) is 6.92 Å². The number of H-pyrrole nitrogens is 1. The number of amides is 1. The maximum Gasteiger partial charge on any atom is 0.276 e. The Hall–Kier alpha value is -3.02. The van der Waals surface area contributed by atoms with Crippen molar-refractivity contribution in [3.05, 3.63) is 47.7 Å². The van der Waals surface area contributed by atoms with Crippen molar-refractivity contribution in [3.8, 4) is 11.5 Å². The molecule has 0 unspecified atom stereocenters. The molecule has 116 valence electrons. The highest BCUT2D eigenvalue weighted by atomic mass is 16.6. The van der Waals surface area contributed by atoms with Crippen LogP contribution in [-0.4, -0.2) is 29.3 Å². The molecule has 1 aliphatic rings. The van der Waals surface area contributed by atoms with Gasteiger partial charge in [-0.25, -0.2) is 0 Å². The van der Waals surface area contributed by atoms with Gasteiger partial charge in [0.05, 0.1) is 5.52 Å². The Balaban J connectivity index is 1.63. The fourth-order valence-electron chi connectivity index (χ4n) is 2.61. The molecule has 6 heteroatoms. The van der Waals surface area contributed by atoms with Gasteiger partial charge in [0.15, 0.2) is 17.2 Å². The van der Waals surface area contributed by atoms with Crippen LogP contribution in [0.1, 0.15) is 16.1 Å². The van der Waals surface area contributed by atoms with Gasteiger partial charge in [0.25, 0.3) is 5.91 Å². The molecule has 0 fully saturated rings. The minimum Gasteiger partial charge on any atom is -0.486 e. The number of carbonyl (C=O) groups excluding carboxylic acids is 1. The van der Waals surface area contributed by atoms with E-state index in [-0.39, 0.29) is 5.91 Å². The Bertz CT molecular complexity index is 901. The summed E-state index contributed by atoms with van der Waals surface area (Å²) in [4.78, 5) is 12.5. The van der Waals surface area contributed by atoms with Crippen LogP contribution in [-0.2, 0) is 0 Å². The molecule has 0 saturated carbocycles. The van der Waals surface area contributed by atoms with Crippen molar-refractivity contribution >= 4 is 22.5 Å². The number of hydrogen-bond donors (Lipinski definition) is 2. The quantitative estimate of drug-likeness (QED) is 0.763. The van der Waals surface area contributed by atoms with Crippen LogP contribution in [0.4, 0.5) is 5.69 Å². The van der Waals surface area contributed by atoms with Crippen molar-refractivity contribution < 1.29 is 14.3 Å². The molecule has 2 N–H and O–H groups in total. The third-order valence-electron chi connectivity index (χ3n) is 3.73. The highest BCUT2D eigenvalue weighted by Crippen LogP contribution is 2.32. The standard InChI is InChI=1S/C17H15N3O3/c1-10-2-4-13-12(8-10)16(20-19-13)17(21)18-11-3-5-14-15(9-11)23-7-6-22-14/h2-5,8-9H,6-7H2,1H3,(H,18,21)(H,19,20). The summed E-state index contributed by atoms with van der Waals surface area (Å²) in [5.41, 5.74) is 2.93. The van der Waals surface area contributed by atoms with Gasteiger partial charge in [0.1, 0.15) is 13.2 Å². The molecule has 6 nitrogen and oxygen atoms in total. The molecule has 2 aromatic carbocycles. The van der Waals surface area contributed by atoms with Crippen LogP contribution in [0.2, 0.25) is 0 Å². The van der Waals surface area contributed by atoms with E-state index in [9.17, 15) is 4.79 Å². The molecule has 0 radical (unpaired) electrons. The molecule has 0 atom stereocenters. The van der Waals surface area contributed by atoms with Gasteiger partial charge in [-0.2, -0.15) is 5.10 Å². The molecule has 2 heterocycles.